The highest BCUT2D eigenvalue weighted by Crippen LogP contribution is 2.24. The zero-order valence-electron chi connectivity index (χ0n) is 8.04. The van der Waals surface area contributed by atoms with E-state index in [-0.39, 0.29) is 11.0 Å². The number of sulfone groups is 1. The molecule has 0 radical (unpaired) electrons. The molecule has 0 saturated heterocycles. The first-order chi connectivity index (χ1) is 6.17. The van der Waals surface area contributed by atoms with Crippen LogP contribution < -0.4 is 5.73 Å². The zero-order valence-corrected chi connectivity index (χ0v) is 8.85. The van der Waals surface area contributed by atoms with Gasteiger partial charge in [-0.1, -0.05) is 19.3 Å². The van der Waals surface area contributed by atoms with Gasteiger partial charge in [-0.15, -0.1) is 0 Å². The second kappa shape index (κ2) is 4.96. The maximum absolute atomic E-state index is 11.7. The summed E-state index contributed by atoms with van der Waals surface area (Å²) >= 11 is 0. The monoisotopic (exact) mass is 205 g/mol. The summed E-state index contributed by atoms with van der Waals surface area (Å²) in [5.74, 6) is 0.286. The maximum atomic E-state index is 11.7. The van der Waals surface area contributed by atoms with Gasteiger partial charge < -0.3 is 5.73 Å². The molecule has 3 nitrogen and oxygen atoms in total. The summed E-state index contributed by atoms with van der Waals surface area (Å²) in [7, 11) is -2.83. The molecule has 1 aliphatic carbocycles. The molecule has 0 aromatic carbocycles. The van der Waals surface area contributed by atoms with Crippen molar-refractivity contribution in [3.8, 4) is 0 Å². The Hall–Kier alpha value is -0.0900. The molecule has 1 fully saturated rings. The van der Waals surface area contributed by atoms with Crippen LogP contribution in [0.1, 0.15) is 38.5 Å². The summed E-state index contributed by atoms with van der Waals surface area (Å²) in [5.41, 5.74) is 5.30. The minimum atomic E-state index is -2.83. The molecule has 0 aliphatic heterocycles. The smallest absolute Gasteiger partial charge is 0.153 e. The average molecular weight is 205 g/mol. The molecular weight excluding hydrogens is 186 g/mol. The molecule has 0 spiro atoms. The van der Waals surface area contributed by atoms with Crippen molar-refractivity contribution in [2.24, 2.45) is 5.73 Å². The molecule has 1 saturated carbocycles. The molecule has 1 aliphatic rings. The van der Waals surface area contributed by atoms with Gasteiger partial charge in [0.2, 0.25) is 0 Å². The summed E-state index contributed by atoms with van der Waals surface area (Å²) in [6, 6.07) is 0. The molecule has 0 unspecified atom stereocenters. The van der Waals surface area contributed by atoms with Crippen LogP contribution in [0.2, 0.25) is 0 Å². The van der Waals surface area contributed by atoms with Crippen LogP contribution in [-0.2, 0) is 9.84 Å². The standard InChI is InChI=1S/C9H19NO2S/c10-7-4-8-13(11,12)9-5-2-1-3-6-9/h9H,1-8,10H2. The van der Waals surface area contributed by atoms with E-state index in [1.54, 1.807) is 0 Å². The van der Waals surface area contributed by atoms with Crippen LogP contribution in [0.15, 0.2) is 0 Å². The average Bonchev–Trinajstić information content (AvgIpc) is 2.16. The summed E-state index contributed by atoms with van der Waals surface area (Å²) in [4.78, 5) is 0. The maximum Gasteiger partial charge on any atom is 0.153 e. The van der Waals surface area contributed by atoms with E-state index >= 15 is 0 Å². The molecule has 0 bridgehead atoms. The summed E-state index contributed by atoms with van der Waals surface area (Å²) in [6.45, 7) is 0.478. The SMILES string of the molecule is NCCCS(=O)(=O)C1CCCCC1. The molecule has 78 valence electrons. The van der Waals surface area contributed by atoms with Gasteiger partial charge in [0, 0.05) is 0 Å². The Bertz CT molecular complexity index is 230. The molecule has 0 amide bonds. The van der Waals surface area contributed by atoms with E-state index in [0.717, 1.165) is 25.7 Å². The van der Waals surface area contributed by atoms with E-state index in [0.29, 0.717) is 13.0 Å². The molecule has 0 atom stereocenters. The van der Waals surface area contributed by atoms with Gasteiger partial charge in [-0.25, -0.2) is 8.42 Å². The highest BCUT2D eigenvalue weighted by molar-refractivity contribution is 7.92. The Morgan fingerprint density at radius 3 is 2.31 bits per heavy atom. The first-order valence-electron chi connectivity index (χ1n) is 5.08. The van der Waals surface area contributed by atoms with Crippen LogP contribution in [0.5, 0.6) is 0 Å². The van der Waals surface area contributed by atoms with Crippen molar-refractivity contribution < 1.29 is 8.42 Å². The predicted octanol–water partition coefficient (Wildman–Crippen LogP) is 1.08. The fraction of sp³-hybridized carbons (Fsp3) is 1.00. The summed E-state index contributed by atoms with van der Waals surface area (Å²) in [6.07, 6.45) is 5.70. The van der Waals surface area contributed by atoms with Crippen molar-refractivity contribution in [2.75, 3.05) is 12.3 Å². The second-order valence-corrected chi connectivity index (χ2v) is 6.17. The molecule has 0 aromatic rings. The molecular formula is C9H19NO2S. The van der Waals surface area contributed by atoms with E-state index in [1.165, 1.54) is 6.42 Å². The van der Waals surface area contributed by atoms with Crippen LogP contribution in [0.4, 0.5) is 0 Å². The van der Waals surface area contributed by atoms with Gasteiger partial charge in [-0.3, -0.25) is 0 Å². The first-order valence-corrected chi connectivity index (χ1v) is 6.80. The van der Waals surface area contributed by atoms with Gasteiger partial charge >= 0.3 is 0 Å². The quantitative estimate of drug-likeness (QED) is 0.747. The topological polar surface area (TPSA) is 60.2 Å². The molecule has 2 N–H and O–H groups in total. The Labute approximate surface area is 80.6 Å². The van der Waals surface area contributed by atoms with Gasteiger partial charge in [0.05, 0.1) is 11.0 Å². The van der Waals surface area contributed by atoms with Gasteiger partial charge in [-0.2, -0.15) is 0 Å². The highest BCUT2D eigenvalue weighted by Gasteiger charge is 2.26. The van der Waals surface area contributed by atoms with Crippen molar-refractivity contribution in [2.45, 2.75) is 43.8 Å². The number of hydrogen-bond donors (Lipinski definition) is 1. The van der Waals surface area contributed by atoms with Gasteiger partial charge in [0.1, 0.15) is 0 Å². The fourth-order valence-corrected chi connectivity index (χ4v) is 3.83. The Morgan fingerprint density at radius 2 is 1.77 bits per heavy atom. The van der Waals surface area contributed by atoms with Crippen molar-refractivity contribution in [1.29, 1.82) is 0 Å². The summed E-state index contributed by atoms with van der Waals surface area (Å²) in [5, 5.41) is -0.0622. The Morgan fingerprint density at radius 1 is 1.15 bits per heavy atom. The molecule has 13 heavy (non-hydrogen) atoms. The lowest BCUT2D eigenvalue weighted by Gasteiger charge is -2.21. The number of nitrogens with two attached hydrogens (primary N) is 1. The van der Waals surface area contributed by atoms with E-state index in [2.05, 4.69) is 0 Å². The molecule has 0 aromatic heterocycles. The van der Waals surface area contributed by atoms with E-state index in [1.807, 2.05) is 0 Å². The van der Waals surface area contributed by atoms with Gasteiger partial charge in [-0.05, 0) is 25.8 Å². The van der Waals surface area contributed by atoms with Gasteiger partial charge in [0.25, 0.3) is 0 Å². The molecule has 4 heteroatoms. The predicted molar refractivity (Wildman–Crippen MR) is 54.3 cm³/mol. The Kier molecular flexibility index (Phi) is 4.19. The normalized spacial score (nSPS) is 20.4. The third-order valence-electron chi connectivity index (χ3n) is 2.69. The lowest BCUT2D eigenvalue weighted by Crippen LogP contribution is -2.27. The van der Waals surface area contributed by atoms with Crippen molar-refractivity contribution in [3.05, 3.63) is 0 Å². The number of rotatable bonds is 4. The van der Waals surface area contributed by atoms with E-state index in [9.17, 15) is 8.42 Å². The Balaban J connectivity index is 2.47. The number of hydrogen-bond acceptors (Lipinski definition) is 3. The lowest BCUT2D eigenvalue weighted by atomic mass is 10.0. The van der Waals surface area contributed by atoms with Gasteiger partial charge in [0.15, 0.2) is 9.84 Å². The third kappa shape index (κ3) is 3.27. The fourth-order valence-electron chi connectivity index (χ4n) is 1.88. The minimum Gasteiger partial charge on any atom is -0.330 e. The van der Waals surface area contributed by atoms with Crippen LogP contribution in [0.3, 0.4) is 0 Å². The lowest BCUT2D eigenvalue weighted by molar-refractivity contribution is 0.483. The zero-order chi connectivity index (χ0) is 9.73. The molecule has 0 heterocycles. The van der Waals surface area contributed by atoms with Crippen LogP contribution in [0, 0.1) is 0 Å². The van der Waals surface area contributed by atoms with Crippen molar-refractivity contribution >= 4 is 9.84 Å². The van der Waals surface area contributed by atoms with Crippen LogP contribution >= 0.6 is 0 Å². The minimum absolute atomic E-state index is 0.0622. The molecule has 1 rings (SSSR count). The first kappa shape index (κ1) is 11.0. The van der Waals surface area contributed by atoms with Crippen LogP contribution in [0.25, 0.3) is 0 Å². The van der Waals surface area contributed by atoms with Crippen molar-refractivity contribution in [1.82, 2.24) is 0 Å². The van der Waals surface area contributed by atoms with E-state index in [4.69, 9.17) is 5.73 Å². The summed E-state index contributed by atoms with van der Waals surface area (Å²) < 4.78 is 23.4. The van der Waals surface area contributed by atoms with Crippen LogP contribution in [-0.4, -0.2) is 26.0 Å². The van der Waals surface area contributed by atoms with E-state index < -0.39 is 9.84 Å². The highest BCUT2D eigenvalue weighted by atomic mass is 32.2. The second-order valence-electron chi connectivity index (χ2n) is 3.77. The third-order valence-corrected chi connectivity index (χ3v) is 5.04. The largest absolute Gasteiger partial charge is 0.330 e. The van der Waals surface area contributed by atoms with Crippen molar-refractivity contribution in [3.63, 3.8) is 0 Å².